The molecule has 10 nitrogen and oxygen atoms in total. The molecule has 0 aliphatic rings. The highest BCUT2D eigenvalue weighted by Gasteiger charge is 2.19. The van der Waals surface area contributed by atoms with Gasteiger partial charge in [0.2, 0.25) is 0 Å². The molecule has 0 unspecified atom stereocenters. The van der Waals surface area contributed by atoms with E-state index in [-0.39, 0.29) is 33.5 Å². The lowest BCUT2D eigenvalue weighted by Gasteiger charge is -2.12. The molecule has 0 saturated heterocycles. The number of nitro groups is 1. The van der Waals surface area contributed by atoms with Crippen LogP contribution in [0.1, 0.15) is 10.4 Å². The molecule has 0 saturated carbocycles. The van der Waals surface area contributed by atoms with Gasteiger partial charge in [-0.3, -0.25) is 19.6 Å². The molecule has 2 N–H and O–H groups in total. The first kappa shape index (κ1) is 21.1. The number of benzene rings is 2. The summed E-state index contributed by atoms with van der Waals surface area (Å²) in [4.78, 5) is 22.1. The van der Waals surface area contributed by atoms with E-state index in [0.29, 0.717) is 13.2 Å². The quantitative estimate of drug-likeness (QED) is 0.366. The van der Waals surface area contributed by atoms with E-state index in [0.717, 1.165) is 6.07 Å². The third-order valence-electron chi connectivity index (χ3n) is 3.66. The van der Waals surface area contributed by atoms with Crippen molar-refractivity contribution in [2.24, 2.45) is 0 Å². The highest BCUT2D eigenvalue weighted by molar-refractivity contribution is 7.92. The molecule has 0 heterocycles. The molecule has 0 fully saturated rings. The molecular formula is C17H19N3O7S. The van der Waals surface area contributed by atoms with Crippen LogP contribution < -0.4 is 14.8 Å². The second kappa shape index (κ2) is 9.15. The van der Waals surface area contributed by atoms with Crippen LogP contribution in [0.3, 0.4) is 0 Å². The second-order valence-corrected chi connectivity index (χ2v) is 7.20. The zero-order chi connectivity index (χ0) is 20.7. The van der Waals surface area contributed by atoms with E-state index in [4.69, 9.17) is 9.47 Å². The molecule has 2 aromatic rings. The van der Waals surface area contributed by atoms with Crippen LogP contribution >= 0.6 is 0 Å². The van der Waals surface area contributed by atoms with E-state index in [2.05, 4.69) is 10.0 Å². The number of anilines is 1. The fraction of sp³-hybridized carbons (Fsp3) is 0.235. The highest BCUT2D eigenvalue weighted by Crippen LogP contribution is 2.30. The summed E-state index contributed by atoms with van der Waals surface area (Å²) in [7, 11) is -1.23. The number of hydrogen-bond donors (Lipinski definition) is 2. The van der Waals surface area contributed by atoms with Crippen LogP contribution in [0, 0.1) is 10.1 Å². The molecule has 2 aromatic carbocycles. The summed E-state index contributed by atoms with van der Waals surface area (Å²) in [5.74, 6) is -0.238. The molecule has 0 aliphatic heterocycles. The number of ether oxygens (including phenoxy) is 2. The monoisotopic (exact) mass is 409 g/mol. The van der Waals surface area contributed by atoms with Gasteiger partial charge in [-0.2, -0.15) is 0 Å². The Morgan fingerprint density at radius 3 is 2.39 bits per heavy atom. The molecule has 0 bridgehead atoms. The van der Waals surface area contributed by atoms with Gasteiger partial charge in [0.15, 0.2) is 0 Å². The maximum absolute atomic E-state index is 12.6. The summed E-state index contributed by atoms with van der Waals surface area (Å²) in [6.45, 7) is 0.677. The molecule has 0 radical (unpaired) electrons. The summed E-state index contributed by atoms with van der Waals surface area (Å²) in [5.41, 5.74) is -0.0809. The van der Waals surface area contributed by atoms with Crippen molar-refractivity contribution >= 4 is 27.3 Å². The van der Waals surface area contributed by atoms with Gasteiger partial charge in [0.25, 0.3) is 21.6 Å². The molecule has 150 valence electrons. The molecule has 0 aliphatic carbocycles. The van der Waals surface area contributed by atoms with Crippen molar-refractivity contribution < 1.29 is 27.6 Å². The van der Waals surface area contributed by atoms with Crippen molar-refractivity contribution in [3.05, 3.63) is 58.1 Å². The van der Waals surface area contributed by atoms with E-state index < -0.39 is 14.9 Å². The first-order valence-electron chi connectivity index (χ1n) is 8.01. The van der Waals surface area contributed by atoms with Crippen molar-refractivity contribution in [3.63, 3.8) is 0 Å². The molecule has 1 amide bonds. The van der Waals surface area contributed by atoms with Crippen LogP contribution in [0.5, 0.6) is 5.75 Å². The molecular weight excluding hydrogens is 390 g/mol. The van der Waals surface area contributed by atoms with Crippen molar-refractivity contribution in [2.45, 2.75) is 4.90 Å². The Balaban J connectivity index is 2.22. The third-order valence-corrected chi connectivity index (χ3v) is 5.04. The number of rotatable bonds is 9. The smallest absolute Gasteiger partial charge is 0.271 e. The van der Waals surface area contributed by atoms with Crippen molar-refractivity contribution in [1.82, 2.24) is 5.32 Å². The number of non-ortho nitro benzene ring substituents is 1. The number of nitrogens with one attached hydrogen (secondary N) is 2. The number of hydrogen-bond acceptors (Lipinski definition) is 7. The number of nitrogens with zero attached hydrogens (tertiary/aromatic N) is 1. The predicted molar refractivity (Wildman–Crippen MR) is 101 cm³/mol. The summed E-state index contributed by atoms with van der Waals surface area (Å²) in [5, 5.41) is 13.5. The van der Waals surface area contributed by atoms with Gasteiger partial charge in [0.1, 0.15) is 5.75 Å². The van der Waals surface area contributed by atoms with Gasteiger partial charge in [-0.05, 0) is 30.3 Å². The summed E-state index contributed by atoms with van der Waals surface area (Å²) in [6.07, 6.45) is 0. The Morgan fingerprint density at radius 1 is 1.14 bits per heavy atom. The van der Waals surface area contributed by atoms with E-state index in [1.165, 1.54) is 50.6 Å². The zero-order valence-corrected chi connectivity index (χ0v) is 16.0. The largest absolute Gasteiger partial charge is 0.495 e. The molecule has 0 atom stereocenters. The average Bonchev–Trinajstić information content (AvgIpc) is 2.67. The van der Waals surface area contributed by atoms with Gasteiger partial charge in [0, 0.05) is 31.4 Å². The topological polar surface area (TPSA) is 137 Å². The zero-order valence-electron chi connectivity index (χ0n) is 15.2. The number of sulfonamides is 1. The minimum atomic E-state index is -4.06. The molecule has 0 spiro atoms. The van der Waals surface area contributed by atoms with E-state index >= 15 is 0 Å². The Kier molecular flexibility index (Phi) is 6.90. The van der Waals surface area contributed by atoms with Crippen LogP contribution in [0.2, 0.25) is 0 Å². The fourth-order valence-electron chi connectivity index (χ4n) is 2.25. The third kappa shape index (κ3) is 5.18. The van der Waals surface area contributed by atoms with Gasteiger partial charge in [-0.15, -0.1) is 0 Å². The van der Waals surface area contributed by atoms with E-state index in [1.807, 2.05) is 0 Å². The minimum Gasteiger partial charge on any atom is -0.495 e. The Hall–Kier alpha value is -3.18. The van der Waals surface area contributed by atoms with Gasteiger partial charge >= 0.3 is 0 Å². The standard InChI is InChI=1S/C17H19N3O7S/c1-26-10-9-18-17(21)12-3-6-14(7-4-12)28(24,25)19-15-11-13(20(22)23)5-8-16(15)27-2/h3-8,11,19H,9-10H2,1-2H3,(H,18,21). The highest BCUT2D eigenvalue weighted by atomic mass is 32.2. The maximum Gasteiger partial charge on any atom is 0.271 e. The van der Waals surface area contributed by atoms with E-state index in [9.17, 15) is 23.3 Å². The van der Waals surface area contributed by atoms with Crippen LogP contribution in [-0.4, -0.2) is 46.6 Å². The van der Waals surface area contributed by atoms with Crippen LogP contribution in [0.4, 0.5) is 11.4 Å². The van der Waals surface area contributed by atoms with Gasteiger partial charge in [-0.1, -0.05) is 0 Å². The number of carbonyl (C=O) groups is 1. The van der Waals surface area contributed by atoms with Crippen molar-refractivity contribution in [3.8, 4) is 5.75 Å². The SMILES string of the molecule is COCCNC(=O)c1ccc(S(=O)(=O)Nc2cc([N+](=O)[O-])ccc2OC)cc1. The number of methoxy groups -OCH3 is 2. The van der Waals surface area contributed by atoms with Gasteiger partial charge in [-0.25, -0.2) is 8.42 Å². The lowest BCUT2D eigenvalue weighted by atomic mass is 10.2. The Labute approximate surface area is 161 Å². The predicted octanol–water partition coefficient (Wildman–Crippen LogP) is 1.78. The first-order valence-corrected chi connectivity index (χ1v) is 9.49. The van der Waals surface area contributed by atoms with E-state index in [1.54, 1.807) is 0 Å². The van der Waals surface area contributed by atoms with Gasteiger partial charge < -0.3 is 14.8 Å². The van der Waals surface area contributed by atoms with Crippen molar-refractivity contribution in [1.29, 1.82) is 0 Å². The summed E-state index contributed by atoms with van der Waals surface area (Å²) in [6, 6.07) is 8.81. The molecule has 28 heavy (non-hydrogen) atoms. The Bertz CT molecular complexity index is 959. The normalized spacial score (nSPS) is 10.9. The lowest BCUT2D eigenvalue weighted by Crippen LogP contribution is -2.26. The lowest BCUT2D eigenvalue weighted by molar-refractivity contribution is -0.384. The van der Waals surface area contributed by atoms with Crippen LogP contribution in [-0.2, 0) is 14.8 Å². The average molecular weight is 409 g/mol. The number of nitro benzene ring substituents is 1. The number of carbonyl (C=O) groups excluding carboxylic acids is 1. The molecule has 0 aromatic heterocycles. The van der Waals surface area contributed by atoms with Crippen LogP contribution in [0.25, 0.3) is 0 Å². The summed E-state index contributed by atoms with van der Waals surface area (Å²) >= 11 is 0. The fourth-order valence-corrected chi connectivity index (χ4v) is 3.31. The molecule has 11 heteroatoms. The molecule has 2 rings (SSSR count). The maximum atomic E-state index is 12.6. The van der Waals surface area contributed by atoms with Crippen LogP contribution in [0.15, 0.2) is 47.4 Å². The number of amides is 1. The van der Waals surface area contributed by atoms with Gasteiger partial charge in [0.05, 0.1) is 29.2 Å². The van der Waals surface area contributed by atoms with Crippen molar-refractivity contribution in [2.75, 3.05) is 32.1 Å². The minimum absolute atomic E-state index is 0.0712. The first-order chi connectivity index (χ1) is 13.3. The Morgan fingerprint density at radius 2 is 1.82 bits per heavy atom. The summed E-state index contributed by atoms with van der Waals surface area (Å²) < 4.78 is 37.3. The second-order valence-electron chi connectivity index (χ2n) is 5.52.